The normalized spacial score (nSPS) is 11.0. The second-order valence-electron chi connectivity index (χ2n) is 8.86. The highest BCUT2D eigenvalue weighted by Crippen LogP contribution is 2.42. The molecule has 0 amide bonds. The van der Waals surface area contributed by atoms with E-state index in [4.69, 9.17) is 14.2 Å². The monoisotopic (exact) mass is 468 g/mol. The summed E-state index contributed by atoms with van der Waals surface area (Å²) in [6.45, 7) is 21.2. The summed E-state index contributed by atoms with van der Waals surface area (Å²) in [4.78, 5) is 0. The minimum atomic E-state index is -0.412. The van der Waals surface area contributed by atoms with E-state index >= 15 is 0 Å². The van der Waals surface area contributed by atoms with E-state index in [1.165, 1.54) is 16.7 Å². The second kappa shape index (κ2) is 11.6. The summed E-state index contributed by atoms with van der Waals surface area (Å²) in [7, 11) is 0. The van der Waals surface area contributed by atoms with Gasteiger partial charge in [0.25, 0.3) is 0 Å². The van der Waals surface area contributed by atoms with E-state index in [0.29, 0.717) is 19.8 Å². The molecular formula is C32H36O3. The average Bonchev–Trinajstić information content (AvgIpc) is 2.86. The third-order valence-corrected chi connectivity index (χ3v) is 6.33. The molecule has 0 saturated heterocycles. The van der Waals surface area contributed by atoms with Crippen LogP contribution in [0, 0.1) is 20.8 Å². The number of rotatable bonds is 12. The first-order valence-electron chi connectivity index (χ1n) is 11.9. The minimum Gasteiger partial charge on any atom is -0.489 e. The molecule has 35 heavy (non-hydrogen) atoms. The van der Waals surface area contributed by atoms with Gasteiger partial charge in [-0.3, -0.25) is 0 Å². The van der Waals surface area contributed by atoms with Gasteiger partial charge in [0.15, 0.2) is 0 Å². The minimum absolute atomic E-state index is 0.412. The van der Waals surface area contributed by atoms with Crippen molar-refractivity contribution < 1.29 is 14.2 Å². The third kappa shape index (κ3) is 5.68. The van der Waals surface area contributed by atoms with Gasteiger partial charge in [-0.05, 0) is 79.3 Å². The third-order valence-electron chi connectivity index (χ3n) is 6.33. The van der Waals surface area contributed by atoms with Crippen molar-refractivity contribution in [2.45, 2.75) is 33.1 Å². The van der Waals surface area contributed by atoms with Crippen molar-refractivity contribution in [1.29, 1.82) is 0 Å². The topological polar surface area (TPSA) is 27.7 Å². The Kier molecular flexibility index (Phi) is 8.59. The SMILES string of the molecule is C=CCOc1ccc(C(C)(c2ccc(OCC=C)c(C)c2)c2ccc(OCC=C)c(C)c2)cc1C. The van der Waals surface area contributed by atoms with E-state index in [1.54, 1.807) is 18.2 Å². The molecule has 3 heteroatoms. The molecule has 3 aromatic carbocycles. The van der Waals surface area contributed by atoms with E-state index < -0.39 is 5.41 Å². The smallest absolute Gasteiger partial charge is 0.122 e. The fourth-order valence-corrected chi connectivity index (χ4v) is 4.31. The van der Waals surface area contributed by atoms with Crippen LogP contribution in [0.1, 0.15) is 40.3 Å². The fourth-order valence-electron chi connectivity index (χ4n) is 4.31. The summed E-state index contributed by atoms with van der Waals surface area (Å²) in [5, 5.41) is 0. The maximum absolute atomic E-state index is 5.84. The van der Waals surface area contributed by atoms with Gasteiger partial charge in [0, 0.05) is 5.41 Å². The van der Waals surface area contributed by atoms with Gasteiger partial charge in [-0.1, -0.05) is 74.4 Å². The second-order valence-corrected chi connectivity index (χ2v) is 8.86. The predicted octanol–water partition coefficient (Wildman–Crippen LogP) is 7.66. The zero-order valence-electron chi connectivity index (χ0n) is 21.4. The van der Waals surface area contributed by atoms with Crippen molar-refractivity contribution in [2.75, 3.05) is 19.8 Å². The molecule has 0 aliphatic heterocycles. The predicted molar refractivity (Wildman–Crippen MR) is 146 cm³/mol. The Balaban J connectivity index is 2.16. The number of benzene rings is 3. The van der Waals surface area contributed by atoms with Gasteiger partial charge in [0.05, 0.1) is 0 Å². The Labute approximate surface area is 210 Å². The Hall–Kier alpha value is -3.72. The van der Waals surface area contributed by atoms with Crippen LogP contribution in [0.2, 0.25) is 0 Å². The molecule has 0 radical (unpaired) electrons. The van der Waals surface area contributed by atoms with Crippen molar-refractivity contribution in [3.63, 3.8) is 0 Å². The summed E-state index contributed by atoms with van der Waals surface area (Å²) >= 11 is 0. The molecule has 0 N–H and O–H groups in total. The van der Waals surface area contributed by atoms with Crippen LogP contribution in [0.5, 0.6) is 17.2 Å². The largest absolute Gasteiger partial charge is 0.489 e. The van der Waals surface area contributed by atoms with E-state index in [1.807, 2.05) is 0 Å². The number of hydrogen-bond acceptors (Lipinski definition) is 3. The molecule has 0 unspecified atom stereocenters. The molecule has 0 aliphatic carbocycles. The molecule has 0 saturated carbocycles. The van der Waals surface area contributed by atoms with Crippen LogP contribution in [-0.2, 0) is 5.41 Å². The maximum Gasteiger partial charge on any atom is 0.122 e. The van der Waals surface area contributed by atoms with Gasteiger partial charge < -0.3 is 14.2 Å². The molecule has 0 fully saturated rings. The highest BCUT2D eigenvalue weighted by Gasteiger charge is 2.32. The highest BCUT2D eigenvalue weighted by molar-refractivity contribution is 5.55. The van der Waals surface area contributed by atoms with Crippen LogP contribution in [0.4, 0.5) is 0 Å². The van der Waals surface area contributed by atoms with Crippen molar-refractivity contribution >= 4 is 0 Å². The molecule has 3 nitrogen and oxygen atoms in total. The lowest BCUT2D eigenvalue weighted by Gasteiger charge is -2.33. The first-order valence-corrected chi connectivity index (χ1v) is 11.9. The molecule has 3 aromatic rings. The van der Waals surface area contributed by atoms with Gasteiger partial charge in [0.2, 0.25) is 0 Å². The quantitative estimate of drug-likeness (QED) is 0.202. The van der Waals surface area contributed by atoms with E-state index in [0.717, 1.165) is 33.9 Å². The number of aryl methyl sites for hydroxylation is 3. The number of hydrogen-bond donors (Lipinski definition) is 0. The lowest BCUT2D eigenvalue weighted by molar-refractivity contribution is 0.360. The summed E-state index contributed by atoms with van der Waals surface area (Å²) in [6, 6.07) is 19.3. The standard InChI is InChI=1S/C32H36O3/c1-8-17-33-29-14-11-26(20-23(29)4)32(7,27-12-15-30(24(5)21-27)34-18-9-2)28-13-16-31(25(6)22-28)35-19-10-3/h8-16,20-22H,1-3,17-19H2,4-7H3. The van der Waals surface area contributed by atoms with E-state index in [9.17, 15) is 0 Å². The van der Waals surface area contributed by atoms with Crippen molar-refractivity contribution in [3.05, 3.63) is 126 Å². The first-order chi connectivity index (χ1) is 16.8. The van der Waals surface area contributed by atoms with Crippen LogP contribution < -0.4 is 14.2 Å². The zero-order chi connectivity index (χ0) is 25.4. The van der Waals surface area contributed by atoms with Gasteiger partial charge in [-0.15, -0.1) is 0 Å². The lowest BCUT2D eigenvalue weighted by Crippen LogP contribution is -2.26. The van der Waals surface area contributed by atoms with Crippen LogP contribution in [0.3, 0.4) is 0 Å². The van der Waals surface area contributed by atoms with Gasteiger partial charge in [-0.2, -0.15) is 0 Å². The Morgan fingerprint density at radius 2 is 0.857 bits per heavy atom. The molecule has 0 bridgehead atoms. The molecule has 3 rings (SSSR count). The first kappa shape index (κ1) is 25.9. The molecule has 182 valence electrons. The molecule has 0 atom stereocenters. The Bertz CT molecular complexity index is 1060. The molecular weight excluding hydrogens is 432 g/mol. The van der Waals surface area contributed by atoms with Crippen LogP contribution >= 0.6 is 0 Å². The summed E-state index contributed by atoms with van der Waals surface area (Å²) in [5.74, 6) is 2.60. The van der Waals surface area contributed by atoms with Gasteiger partial charge >= 0.3 is 0 Å². The van der Waals surface area contributed by atoms with Crippen LogP contribution in [0.15, 0.2) is 92.6 Å². The van der Waals surface area contributed by atoms with Crippen molar-refractivity contribution in [3.8, 4) is 17.2 Å². The maximum atomic E-state index is 5.84. The zero-order valence-corrected chi connectivity index (χ0v) is 21.4. The molecule has 0 spiro atoms. The average molecular weight is 469 g/mol. The van der Waals surface area contributed by atoms with Crippen LogP contribution in [0.25, 0.3) is 0 Å². The highest BCUT2D eigenvalue weighted by atomic mass is 16.5. The van der Waals surface area contributed by atoms with Gasteiger partial charge in [0.1, 0.15) is 37.1 Å². The summed E-state index contributed by atoms with van der Waals surface area (Å²) < 4.78 is 17.5. The fraction of sp³-hybridized carbons (Fsp3) is 0.250. The Morgan fingerprint density at radius 1 is 0.571 bits per heavy atom. The summed E-state index contributed by atoms with van der Waals surface area (Å²) in [6.07, 6.45) is 5.28. The molecule has 0 aromatic heterocycles. The van der Waals surface area contributed by atoms with Crippen molar-refractivity contribution in [2.24, 2.45) is 0 Å². The lowest BCUT2D eigenvalue weighted by atomic mass is 9.70. The molecule has 0 aliphatic rings. The Morgan fingerprint density at radius 3 is 1.09 bits per heavy atom. The molecule has 0 heterocycles. The van der Waals surface area contributed by atoms with Crippen molar-refractivity contribution in [1.82, 2.24) is 0 Å². The van der Waals surface area contributed by atoms with Gasteiger partial charge in [-0.25, -0.2) is 0 Å². The summed E-state index contributed by atoms with van der Waals surface area (Å²) in [5.41, 5.74) is 6.38. The van der Waals surface area contributed by atoms with Crippen LogP contribution in [-0.4, -0.2) is 19.8 Å². The number of ether oxygens (including phenoxy) is 3. The van der Waals surface area contributed by atoms with E-state index in [2.05, 4.69) is 102 Å². The van der Waals surface area contributed by atoms with E-state index in [-0.39, 0.29) is 0 Å².